The Hall–Kier alpha value is -3.62. The molecule has 0 saturated heterocycles. The van der Waals surface area contributed by atoms with Gasteiger partial charge < -0.3 is 5.32 Å². The summed E-state index contributed by atoms with van der Waals surface area (Å²) in [5, 5.41) is 17.3. The summed E-state index contributed by atoms with van der Waals surface area (Å²) in [5.41, 5.74) is 7.39. The van der Waals surface area contributed by atoms with E-state index in [1.54, 1.807) is 0 Å². The fourth-order valence-electron chi connectivity index (χ4n) is 3.38. The van der Waals surface area contributed by atoms with E-state index >= 15 is 0 Å². The minimum atomic E-state index is -0.441. The Bertz CT molecular complexity index is 1340. The van der Waals surface area contributed by atoms with Gasteiger partial charge in [-0.15, -0.1) is 10.2 Å². The molecule has 0 aliphatic heterocycles. The number of anilines is 1. The number of carbonyl (C=O) groups is 1. The normalized spacial score (nSPS) is 12.3. The molecule has 0 saturated carbocycles. The highest BCUT2D eigenvalue weighted by Gasteiger charge is 2.21. The third-order valence-electron chi connectivity index (χ3n) is 5.46. The molecule has 2 N–H and O–H groups in total. The second-order valence-corrected chi connectivity index (χ2v) is 9.97. The molecule has 4 aromatic rings. The minimum Gasteiger partial charge on any atom is -0.378 e. The SMILES string of the molecule is C/C(=N/NC(=O)C(C)Sc1nnc(CNc2ccc(Cl)cc2)n1-c1ccccc1)c1ccc(C)cc1. The molecule has 0 aliphatic rings. The number of rotatable bonds is 9. The number of aromatic nitrogens is 3. The molecule has 0 aliphatic carbocycles. The number of nitrogens with one attached hydrogen (secondary N) is 2. The maximum Gasteiger partial charge on any atom is 0.253 e. The van der Waals surface area contributed by atoms with Gasteiger partial charge in [-0.3, -0.25) is 9.36 Å². The Balaban J connectivity index is 1.48. The number of amides is 1. The average Bonchev–Trinajstić information content (AvgIpc) is 3.29. The van der Waals surface area contributed by atoms with Crippen LogP contribution in [0.2, 0.25) is 5.02 Å². The van der Waals surface area contributed by atoms with E-state index in [9.17, 15) is 4.79 Å². The van der Waals surface area contributed by atoms with Crippen LogP contribution in [0.25, 0.3) is 5.69 Å². The fourth-order valence-corrected chi connectivity index (χ4v) is 4.38. The molecule has 36 heavy (non-hydrogen) atoms. The quantitative estimate of drug-likeness (QED) is 0.165. The number of benzene rings is 3. The highest BCUT2D eigenvalue weighted by atomic mass is 35.5. The summed E-state index contributed by atoms with van der Waals surface area (Å²) >= 11 is 7.32. The van der Waals surface area contributed by atoms with Gasteiger partial charge in [-0.1, -0.05) is 71.4 Å². The third-order valence-corrected chi connectivity index (χ3v) is 6.76. The summed E-state index contributed by atoms with van der Waals surface area (Å²) in [6, 6.07) is 25.3. The van der Waals surface area contributed by atoms with Gasteiger partial charge in [-0.25, -0.2) is 5.43 Å². The van der Waals surface area contributed by atoms with E-state index < -0.39 is 5.25 Å². The molecule has 184 valence electrons. The number of nitrogens with zero attached hydrogens (tertiary/aromatic N) is 4. The highest BCUT2D eigenvalue weighted by molar-refractivity contribution is 8.00. The summed E-state index contributed by atoms with van der Waals surface area (Å²) in [6.07, 6.45) is 0. The summed E-state index contributed by atoms with van der Waals surface area (Å²) in [7, 11) is 0. The number of thioether (sulfide) groups is 1. The third kappa shape index (κ3) is 6.53. The maximum absolute atomic E-state index is 12.8. The van der Waals surface area contributed by atoms with E-state index in [0.29, 0.717) is 16.7 Å². The molecule has 1 heterocycles. The molecule has 1 unspecified atom stereocenters. The smallest absolute Gasteiger partial charge is 0.253 e. The van der Waals surface area contributed by atoms with Gasteiger partial charge in [0.1, 0.15) is 0 Å². The summed E-state index contributed by atoms with van der Waals surface area (Å²) in [4.78, 5) is 12.8. The number of carbonyl (C=O) groups excluding carboxylic acids is 1. The first-order valence-corrected chi connectivity index (χ1v) is 12.7. The lowest BCUT2D eigenvalue weighted by molar-refractivity contribution is -0.120. The fraction of sp³-hybridized carbons (Fsp3) is 0.185. The number of hydrogen-bond donors (Lipinski definition) is 2. The molecule has 0 bridgehead atoms. The van der Waals surface area contributed by atoms with Crippen LogP contribution < -0.4 is 10.7 Å². The van der Waals surface area contributed by atoms with E-state index in [1.165, 1.54) is 17.3 Å². The summed E-state index contributed by atoms with van der Waals surface area (Å²) < 4.78 is 1.96. The first-order valence-electron chi connectivity index (χ1n) is 11.5. The molecule has 0 spiro atoms. The van der Waals surface area contributed by atoms with Crippen molar-refractivity contribution < 1.29 is 4.79 Å². The van der Waals surface area contributed by atoms with E-state index in [-0.39, 0.29) is 5.91 Å². The minimum absolute atomic E-state index is 0.213. The van der Waals surface area contributed by atoms with Gasteiger partial charge >= 0.3 is 0 Å². The lowest BCUT2D eigenvalue weighted by Gasteiger charge is -2.13. The van der Waals surface area contributed by atoms with Crippen molar-refractivity contribution in [3.8, 4) is 5.69 Å². The van der Waals surface area contributed by atoms with Crippen molar-refractivity contribution in [1.82, 2.24) is 20.2 Å². The van der Waals surface area contributed by atoms with Crippen molar-refractivity contribution in [3.63, 3.8) is 0 Å². The summed E-state index contributed by atoms with van der Waals surface area (Å²) in [5.74, 6) is 0.509. The Kier molecular flexibility index (Phi) is 8.40. The van der Waals surface area contributed by atoms with Gasteiger partial charge in [-0.05, 0) is 62.7 Å². The largest absolute Gasteiger partial charge is 0.378 e. The predicted molar refractivity (Wildman–Crippen MR) is 147 cm³/mol. The van der Waals surface area contributed by atoms with E-state index in [1.807, 2.05) is 104 Å². The van der Waals surface area contributed by atoms with Crippen LogP contribution in [0, 0.1) is 6.92 Å². The lowest BCUT2D eigenvalue weighted by atomic mass is 10.1. The van der Waals surface area contributed by atoms with Crippen LogP contribution in [0.4, 0.5) is 5.69 Å². The molecule has 7 nitrogen and oxygen atoms in total. The van der Waals surface area contributed by atoms with Crippen molar-refractivity contribution >= 4 is 40.7 Å². The second-order valence-electron chi connectivity index (χ2n) is 8.23. The van der Waals surface area contributed by atoms with Crippen molar-refractivity contribution in [1.29, 1.82) is 0 Å². The molecule has 1 amide bonds. The van der Waals surface area contributed by atoms with Gasteiger partial charge in [0.15, 0.2) is 11.0 Å². The number of hydrogen-bond acceptors (Lipinski definition) is 6. The Morgan fingerprint density at radius 1 is 1.03 bits per heavy atom. The first-order chi connectivity index (χ1) is 17.4. The van der Waals surface area contributed by atoms with Crippen LogP contribution in [-0.4, -0.2) is 31.6 Å². The average molecular weight is 519 g/mol. The molecule has 0 radical (unpaired) electrons. The molecule has 4 rings (SSSR count). The van der Waals surface area contributed by atoms with Gasteiger partial charge in [0, 0.05) is 16.4 Å². The van der Waals surface area contributed by atoms with Crippen LogP contribution in [-0.2, 0) is 11.3 Å². The van der Waals surface area contributed by atoms with Crippen molar-refractivity contribution in [2.75, 3.05) is 5.32 Å². The zero-order chi connectivity index (χ0) is 25.5. The van der Waals surface area contributed by atoms with Gasteiger partial charge in [0.25, 0.3) is 5.91 Å². The molecule has 9 heteroatoms. The lowest BCUT2D eigenvalue weighted by Crippen LogP contribution is -2.28. The van der Waals surface area contributed by atoms with E-state index in [0.717, 1.165) is 28.5 Å². The van der Waals surface area contributed by atoms with Gasteiger partial charge in [0.05, 0.1) is 17.5 Å². The Morgan fingerprint density at radius 2 is 1.72 bits per heavy atom. The molecule has 1 atom stereocenters. The zero-order valence-electron chi connectivity index (χ0n) is 20.3. The van der Waals surface area contributed by atoms with Crippen LogP contribution in [0.5, 0.6) is 0 Å². The van der Waals surface area contributed by atoms with Gasteiger partial charge in [0.2, 0.25) is 0 Å². The van der Waals surface area contributed by atoms with Crippen molar-refractivity contribution in [2.45, 2.75) is 37.7 Å². The van der Waals surface area contributed by atoms with Gasteiger partial charge in [-0.2, -0.15) is 5.10 Å². The zero-order valence-corrected chi connectivity index (χ0v) is 21.8. The number of aryl methyl sites for hydroxylation is 1. The molecule has 1 aromatic heterocycles. The van der Waals surface area contributed by atoms with Crippen molar-refractivity contribution in [2.24, 2.45) is 5.10 Å². The molecular formula is C27H27ClN6OS. The molecular weight excluding hydrogens is 492 g/mol. The van der Waals surface area contributed by atoms with E-state index in [2.05, 4.69) is 26.0 Å². The Morgan fingerprint density at radius 3 is 2.42 bits per heavy atom. The first kappa shape index (κ1) is 25.5. The highest BCUT2D eigenvalue weighted by Crippen LogP contribution is 2.26. The van der Waals surface area contributed by atoms with Crippen LogP contribution in [0.15, 0.2) is 89.1 Å². The molecule has 0 fully saturated rings. The van der Waals surface area contributed by atoms with Crippen LogP contribution in [0.3, 0.4) is 0 Å². The standard InChI is InChI=1S/C27H27ClN6OS/c1-18-9-11-21(12-10-18)19(2)30-32-26(35)20(3)36-27-33-31-25(34(27)24-7-5-4-6-8-24)17-29-23-15-13-22(28)14-16-23/h4-16,20,29H,17H2,1-3H3,(H,32,35)/b30-19-. The topological polar surface area (TPSA) is 84.2 Å². The maximum atomic E-state index is 12.8. The van der Waals surface area contributed by atoms with E-state index in [4.69, 9.17) is 11.6 Å². The monoisotopic (exact) mass is 518 g/mol. The number of halogens is 1. The summed E-state index contributed by atoms with van der Waals surface area (Å²) in [6.45, 7) is 6.18. The predicted octanol–water partition coefficient (Wildman–Crippen LogP) is 5.86. The van der Waals surface area contributed by atoms with Crippen molar-refractivity contribution in [3.05, 3.63) is 101 Å². The second kappa shape index (κ2) is 11.9. The number of para-hydroxylation sites is 1. The van der Waals surface area contributed by atoms with Crippen LogP contribution in [0.1, 0.15) is 30.8 Å². The number of hydrazone groups is 1. The molecule has 3 aromatic carbocycles. The Labute approximate surface area is 220 Å². The van der Waals surface area contributed by atoms with Crippen LogP contribution >= 0.6 is 23.4 Å².